The third-order valence-corrected chi connectivity index (χ3v) is 4.46. The van der Waals surface area contributed by atoms with Crippen molar-refractivity contribution in [2.75, 3.05) is 18.9 Å². The number of nitrogens with one attached hydrogen (secondary N) is 2. The Kier molecular flexibility index (Phi) is 5.07. The van der Waals surface area contributed by atoms with Gasteiger partial charge in [0.1, 0.15) is 16.5 Å². The molecule has 22 heavy (non-hydrogen) atoms. The summed E-state index contributed by atoms with van der Waals surface area (Å²) in [5, 5.41) is 12.8. The fraction of sp³-hybridized carbons (Fsp3) is 0.214. The molecule has 118 valence electrons. The van der Waals surface area contributed by atoms with Gasteiger partial charge >= 0.3 is 0 Å². The molecular formula is C14H16FN3O3S. The lowest BCUT2D eigenvalue weighted by molar-refractivity contribution is 0.186. The zero-order chi connectivity index (χ0) is 16.2. The molecule has 0 amide bonds. The summed E-state index contributed by atoms with van der Waals surface area (Å²) in [4.78, 5) is 3.98. The molecule has 8 heteroatoms. The molecule has 0 radical (unpaired) electrons. The Morgan fingerprint density at radius 1 is 1.27 bits per heavy atom. The first-order valence-corrected chi connectivity index (χ1v) is 7.98. The molecule has 1 unspecified atom stereocenters. The predicted molar refractivity (Wildman–Crippen MR) is 80.3 cm³/mol. The zero-order valence-corrected chi connectivity index (χ0v) is 12.6. The second kappa shape index (κ2) is 6.82. The number of hydrogen-bond donors (Lipinski definition) is 3. The number of benzene rings is 1. The van der Waals surface area contributed by atoms with Crippen molar-refractivity contribution in [1.82, 2.24) is 9.71 Å². The van der Waals surface area contributed by atoms with Crippen molar-refractivity contribution < 1.29 is 17.9 Å². The van der Waals surface area contributed by atoms with E-state index in [1.165, 1.54) is 37.5 Å². The average molecular weight is 325 g/mol. The molecule has 0 saturated carbocycles. The minimum absolute atomic E-state index is 0.0372. The van der Waals surface area contributed by atoms with Gasteiger partial charge in [-0.3, -0.25) is 0 Å². The van der Waals surface area contributed by atoms with Gasteiger partial charge in [0.05, 0.1) is 6.10 Å². The van der Waals surface area contributed by atoms with E-state index in [1.807, 2.05) is 0 Å². The van der Waals surface area contributed by atoms with Crippen LogP contribution in [0.25, 0.3) is 0 Å². The van der Waals surface area contributed by atoms with Gasteiger partial charge in [0, 0.05) is 18.3 Å². The van der Waals surface area contributed by atoms with Crippen molar-refractivity contribution in [3.8, 4) is 0 Å². The van der Waals surface area contributed by atoms with E-state index in [1.54, 1.807) is 12.1 Å². The molecule has 1 aromatic carbocycles. The van der Waals surface area contributed by atoms with Gasteiger partial charge in [0.25, 0.3) is 0 Å². The summed E-state index contributed by atoms with van der Waals surface area (Å²) in [7, 11) is -2.22. The Labute approximate surface area is 128 Å². The summed E-state index contributed by atoms with van der Waals surface area (Å²) in [6.45, 7) is 0.0477. The summed E-state index contributed by atoms with van der Waals surface area (Å²) in [6.07, 6.45) is 0.160. The Morgan fingerprint density at radius 2 is 2.00 bits per heavy atom. The maximum atomic E-state index is 13.5. The van der Waals surface area contributed by atoms with Gasteiger partial charge in [0.15, 0.2) is 0 Å². The lowest BCUT2D eigenvalue weighted by atomic mass is 10.1. The van der Waals surface area contributed by atoms with Crippen molar-refractivity contribution in [1.29, 1.82) is 0 Å². The first-order chi connectivity index (χ1) is 10.4. The molecule has 2 rings (SSSR count). The SMILES string of the molecule is CNS(=O)(=O)c1ccc(NCC(O)c2ccccc2F)nc1. The molecule has 2 aromatic rings. The number of aliphatic hydroxyl groups excluding tert-OH is 1. The minimum Gasteiger partial charge on any atom is -0.386 e. The number of nitrogens with zero attached hydrogens (tertiary/aromatic N) is 1. The Bertz CT molecular complexity index is 735. The van der Waals surface area contributed by atoms with Crippen LogP contribution in [0, 0.1) is 5.82 Å². The first-order valence-electron chi connectivity index (χ1n) is 6.50. The van der Waals surface area contributed by atoms with Crippen LogP contribution in [-0.4, -0.2) is 32.1 Å². The van der Waals surface area contributed by atoms with E-state index in [9.17, 15) is 17.9 Å². The van der Waals surface area contributed by atoms with E-state index in [0.29, 0.717) is 5.82 Å². The maximum absolute atomic E-state index is 13.5. The molecular weight excluding hydrogens is 309 g/mol. The van der Waals surface area contributed by atoms with Crippen LogP contribution in [0.2, 0.25) is 0 Å². The van der Waals surface area contributed by atoms with E-state index < -0.39 is 21.9 Å². The summed E-state index contributed by atoms with van der Waals surface area (Å²) in [6, 6.07) is 8.81. The van der Waals surface area contributed by atoms with Crippen LogP contribution < -0.4 is 10.0 Å². The molecule has 1 heterocycles. The topological polar surface area (TPSA) is 91.3 Å². The fourth-order valence-corrected chi connectivity index (χ4v) is 2.49. The predicted octanol–water partition coefficient (Wildman–Crippen LogP) is 1.27. The van der Waals surface area contributed by atoms with E-state index in [-0.39, 0.29) is 17.0 Å². The molecule has 0 spiro atoms. The first kappa shape index (κ1) is 16.3. The van der Waals surface area contributed by atoms with Gasteiger partial charge < -0.3 is 10.4 Å². The van der Waals surface area contributed by atoms with Crippen LogP contribution in [-0.2, 0) is 10.0 Å². The monoisotopic (exact) mass is 325 g/mol. The Hall–Kier alpha value is -2.03. The molecule has 0 aliphatic carbocycles. The molecule has 0 saturated heterocycles. The normalized spacial score (nSPS) is 12.9. The molecule has 6 nitrogen and oxygen atoms in total. The number of anilines is 1. The highest BCUT2D eigenvalue weighted by atomic mass is 32.2. The Balaban J connectivity index is 2.02. The highest BCUT2D eigenvalue weighted by Gasteiger charge is 2.13. The van der Waals surface area contributed by atoms with Crippen LogP contribution in [0.5, 0.6) is 0 Å². The lowest BCUT2D eigenvalue weighted by Crippen LogP contribution is -2.19. The number of rotatable bonds is 6. The summed E-state index contributed by atoms with van der Waals surface area (Å²) in [5.41, 5.74) is 0.185. The zero-order valence-electron chi connectivity index (χ0n) is 11.8. The summed E-state index contributed by atoms with van der Waals surface area (Å²) < 4.78 is 38.8. The number of sulfonamides is 1. The largest absolute Gasteiger partial charge is 0.386 e. The number of hydrogen-bond acceptors (Lipinski definition) is 5. The number of aliphatic hydroxyl groups is 1. The van der Waals surface area contributed by atoms with Crippen LogP contribution in [0.3, 0.4) is 0 Å². The van der Waals surface area contributed by atoms with Gasteiger partial charge in [0.2, 0.25) is 10.0 Å². The number of aromatic nitrogens is 1. The molecule has 0 bridgehead atoms. The van der Waals surface area contributed by atoms with E-state index in [0.717, 1.165) is 0 Å². The maximum Gasteiger partial charge on any atom is 0.241 e. The van der Waals surface area contributed by atoms with E-state index in [2.05, 4.69) is 15.0 Å². The Morgan fingerprint density at radius 3 is 2.59 bits per heavy atom. The van der Waals surface area contributed by atoms with Gasteiger partial charge in [-0.1, -0.05) is 18.2 Å². The van der Waals surface area contributed by atoms with E-state index in [4.69, 9.17) is 0 Å². The van der Waals surface area contributed by atoms with Crippen LogP contribution in [0.1, 0.15) is 11.7 Å². The second-order valence-electron chi connectivity index (χ2n) is 4.50. The summed E-state index contributed by atoms with van der Waals surface area (Å²) in [5.74, 6) is -0.106. The van der Waals surface area contributed by atoms with Crippen molar-refractivity contribution in [3.63, 3.8) is 0 Å². The minimum atomic E-state index is -3.53. The lowest BCUT2D eigenvalue weighted by Gasteiger charge is -2.13. The van der Waals surface area contributed by atoms with E-state index >= 15 is 0 Å². The van der Waals surface area contributed by atoms with Crippen LogP contribution in [0.4, 0.5) is 10.2 Å². The molecule has 3 N–H and O–H groups in total. The highest BCUT2D eigenvalue weighted by molar-refractivity contribution is 7.89. The van der Waals surface area contributed by atoms with Crippen molar-refractivity contribution in [2.24, 2.45) is 0 Å². The van der Waals surface area contributed by atoms with Crippen molar-refractivity contribution in [3.05, 3.63) is 54.0 Å². The van der Waals surface area contributed by atoms with Crippen molar-refractivity contribution >= 4 is 15.8 Å². The molecule has 0 aliphatic rings. The van der Waals surface area contributed by atoms with Gasteiger partial charge in [-0.2, -0.15) is 0 Å². The quantitative estimate of drug-likeness (QED) is 0.744. The number of pyridine rings is 1. The third-order valence-electron chi connectivity index (χ3n) is 3.06. The van der Waals surface area contributed by atoms with Crippen LogP contribution in [0.15, 0.2) is 47.5 Å². The van der Waals surface area contributed by atoms with Crippen molar-refractivity contribution in [2.45, 2.75) is 11.0 Å². The third kappa shape index (κ3) is 3.79. The van der Waals surface area contributed by atoms with Crippen LogP contribution >= 0.6 is 0 Å². The molecule has 1 aromatic heterocycles. The number of halogens is 1. The molecule has 1 atom stereocenters. The smallest absolute Gasteiger partial charge is 0.241 e. The molecule has 0 aliphatic heterocycles. The molecule has 0 fully saturated rings. The second-order valence-corrected chi connectivity index (χ2v) is 6.39. The van der Waals surface area contributed by atoms with Gasteiger partial charge in [-0.25, -0.2) is 22.5 Å². The van der Waals surface area contributed by atoms with Gasteiger partial charge in [-0.05, 0) is 25.2 Å². The highest BCUT2D eigenvalue weighted by Crippen LogP contribution is 2.17. The fourth-order valence-electron chi connectivity index (χ4n) is 1.82. The summed E-state index contributed by atoms with van der Waals surface area (Å²) >= 11 is 0. The standard InChI is InChI=1S/C14H16FN3O3S/c1-16-22(20,21)10-6-7-14(17-8-10)18-9-13(19)11-4-2-3-5-12(11)15/h2-8,13,16,19H,9H2,1H3,(H,17,18). The van der Waals surface area contributed by atoms with Gasteiger partial charge in [-0.15, -0.1) is 0 Å². The average Bonchev–Trinajstić information content (AvgIpc) is 2.53.